The summed E-state index contributed by atoms with van der Waals surface area (Å²) in [6.07, 6.45) is 0.318. The Balaban J connectivity index is 1.79. The van der Waals surface area contributed by atoms with Gasteiger partial charge in [-0.2, -0.15) is 0 Å². The van der Waals surface area contributed by atoms with Gasteiger partial charge in [0.1, 0.15) is 12.4 Å². The minimum absolute atomic E-state index is 0.318. The van der Waals surface area contributed by atoms with E-state index < -0.39 is 0 Å². The molecular weight excluding hydrogens is 252 g/mol. The molecule has 1 aromatic rings. The number of nitrogens with zero attached hydrogens (tertiary/aromatic N) is 1. The molecule has 2 rings (SSSR count). The molecule has 0 amide bonds. The van der Waals surface area contributed by atoms with Crippen molar-refractivity contribution in [2.24, 2.45) is 5.73 Å². The van der Waals surface area contributed by atoms with Crippen molar-refractivity contribution in [3.63, 3.8) is 0 Å². The van der Waals surface area contributed by atoms with E-state index in [1.54, 1.807) is 0 Å². The van der Waals surface area contributed by atoms with Crippen molar-refractivity contribution in [2.45, 2.75) is 13.0 Å². The lowest BCUT2D eigenvalue weighted by atomic mass is 10.2. The summed E-state index contributed by atoms with van der Waals surface area (Å²) in [5, 5.41) is 0. The molecule has 0 spiro atoms. The summed E-state index contributed by atoms with van der Waals surface area (Å²) in [6.45, 7) is 6.85. The zero-order valence-electron chi connectivity index (χ0n) is 12.0. The highest BCUT2D eigenvalue weighted by Crippen LogP contribution is 2.13. The molecule has 1 aliphatic rings. The van der Waals surface area contributed by atoms with Crippen LogP contribution in [0, 0.1) is 11.8 Å². The standard InChI is InChI=1S/C16H22N2O2/c1-14-13-18(8-10-19-14)9-11-20-16-6-2-4-15(12-16)5-3-7-17/h2,4,6,12,14H,7-11,13,17H2,1H3. The molecule has 4 heteroatoms. The summed E-state index contributed by atoms with van der Waals surface area (Å²) >= 11 is 0. The molecule has 0 bridgehead atoms. The largest absolute Gasteiger partial charge is 0.492 e. The number of rotatable bonds is 4. The van der Waals surface area contributed by atoms with Gasteiger partial charge in [0.2, 0.25) is 0 Å². The van der Waals surface area contributed by atoms with Crippen molar-refractivity contribution >= 4 is 0 Å². The minimum atomic E-state index is 0.318. The van der Waals surface area contributed by atoms with Crippen LogP contribution in [0.5, 0.6) is 5.75 Å². The van der Waals surface area contributed by atoms with E-state index in [0.29, 0.717) is 19.3 Å². The fraction of sp³-hybridized carbons (Fsp3) is 0.500. The van der Waals surface area contributed by atoms with Crippen LogP contribution >= 0.6 is 0 Å². The molecular formula is C16H22N2O2. The van der Waals surface area contributed by atoms with Gasteiger partial charge in [-0.05, 0) is 25.1 Å². The van der Waals surface area contributed by atoms with Crippen LogP contribution in [0.25, 0.3) is 0 Å². The van der Waals surface area contributed by atoms with Gasteiger partial charge < -0.3 is 15.2 Å². The molecule has 1 atom stereocenters. The fourth-order valence-electron chi connectivity index (χ4n) is 2.20. The lowest BCUT2D eigenvalue weighted by Gasteiger charge is -2.30. The Morgan fingerprint density at radius 2 is 2.40 bits per heavy atom. The number of nitrogens with two attached hydrogens (primary N) is 1. The van der Waals surface area contributed by atoms with Crippen LogP contribution in [-0.2, 0) is 4.74 Å². The third-order valence-corrected chi connectivity index (χ3v) is 3.17. The average molecular weight is 274 g/mol. The van der Waals surface area contributed by atoms with E-state index in [-0.39, 0.29) is 0 Å². The first-order valence-electron chi connectivity index (χ1n) is 7.03. The molecule has 4 nitrogen and oxygen atoms in total. The molecule has 1 fully saturated rings. The topological polar surface area (TPSA) is 47.7 Å². The molecule has 1 unspecified atom stereocenters. The Morgan fingerprint density at radius 1 is 1.50 bits per heavy atom. The van der Waals surface area contributed by atoms with Gasteiger partial charge in [0.05, 0.1) is 19.3 Å². The summed E-state index contributed by atoms with van der Waals surface area (Å²) in [4.78, 5) is 2.37. The van der Waals surface area contributed by atoms with Gasteiger partial charge >= 0.3 is 0 Å². The fourth-order valence-corrected chi connectivity index (χ4v) is 2.20. The zero-order valence-corrected chi connectivity index (χ0v) is 12.0. The first-order valence-corrected chi connectivity index (χ1v) is 7.03. The van der Waals surface area contributed by atoms with Crippen LogP contribution in [0.15, 0.2) is 24.3 Å². The van der Waals surface area contributed by atoms with Gasteiger partial charge in [-0.25, -0.2) is 0 Å². The second kappa shape index (κ2) is 7.91. The summed E-state index contributed by atoms with van der Waals surface area (Å²) in [5.74, 6) is 6.71. The predicted molar refractivity (Wildman–Crippen MR) is 79.7 cm³/mol. The third-order valence-electron chi connectivity index (χ3n) is 3.17. The minimum Gasteiger partial charge on any atom is -0.492 e. The summed E-state index contributed by atoms with van der Waals surface area (Å²) in [5.41, 5.74) is 6.31. The number of hydrogen-bond acceptors (Lipinski definition) is 4. The predicted octanol–water partition coefficient (Wildman–Crippen LogP) is 1.10. The molecule has 0 aromatic heterocycles. The Bertz CT molecular complexity index is 479. The van der Waals surface area contributed by atoms with Gasteiger partial charge in [-0.1, -0.05) is 17.9 Å². The molecule has 1 saturated heterocycles. The lowest BCUT2D eigenvalue weighted by Crippen LogP contribution is -2.42. The Labute approximate surface area is 120 Å². The summed E-state index contributed by atoms with van der Waals surface area (Å²) < 4.78 is 11.3. The van der Waals surface area contributed by atoms with Crippen molar-refractivity contribution in [3.8, 4) is 17.6 Å². The van der Waals surface area contributed by atoms with Gasteiger partial charge in [0.25, 0.3) is 0 Å². The van der Waals surface area contributed by atoms with Crippen LogP contribution in [0.1, 0.15) is 12.5 Å². The maximum atomic E-state index is 5.78. The van der Waals surface area contributed by atoms with E-state index in [2.05, 4.69) is 23.7 Å². The van der Waals surface area contributed by atoms with Crippen LogP contribution in [-0.4, -0.2) is 50.4 Å². The number of ether oxygens (including phenoxy) is 2. The second-order valence-corrected chi connectivity index (χ2v) is 4.86. The molecule has 1 aliphatic heterocycles. The van der Waals surface area contributed by atoms with E-state index in [1.165, 1.54) is 0 Å². The first kappa shape index (κ1) is 14.9. The molecule has 0 saturated carbocycles. The van der Waals surface area contributed by atoms with Gasteiger partial charge in [0.15, 0.2) is 0 Å². The highest BCUT2D eigenvalue weighted by Gasteiger charge is 2.15. The van der Waals surface area contributed by atoms with Crippen molar-refractivity contribution in [2.75, 3.05) is 39.4 Å². The average Bonchev–Trinajstić information content (AvgIpc) is 2.46. The number of morpholine rings is 1. The van der Waals surface area contributed by atoms with E-state index >= 15 is 0 Å². The maximum Gasteiger partial charge on any atom is 0.120 e. The molecule has 108 valence electrons. The van der Waals surface area contributed by atoms with Crippen molar-refractivity contribution in [3.05, 3.63) is 29.8 Å². The van der Waals surface area contributed by atoms with Gasteiger partial charge in [-0.3, -0.25) is 4.90 Å². The lowest BCUT2D eigenvalue weighted by molar-refractivity contribution is -0.0214. The second-order valence-electron chi connectivity index (χ2n) is 4.86. The highest BCUT2D eigenvalue weighted by molar-refractivity contribution is 5.39. The molecule has 1 heterocycles. The van der Waals surface area contributed by atoms with Crippen molar-refractivity contribution in [1.82, 2.24) is 4.90 Å². The smallest absolute Gasteiger partial charge is 0.120 e. The zero-order chi connectivity index (χ0) is 14.2. The van der Waals surface area contributed by atoms with Crippen molar-refractivity contribution in [1.29, 1.82) is 0 Å². The number of benzene rings is 1. The van der Waals surface area contributed by atoms with E-state index in [0.717, 1.165) is 37.6 Å². The summed E-state index contributed by atoms with van der Waals surface area (Å²) in [7, 11) is 0. The van der Waals surface area contributed by atoms with Crippen LogP contribution in [0.3, 0.4) is 0 Å². The molecule has 0 radical (unpaired) electrons. The van der Waals surface area contributed by atoms with Gasteiger partial charge in [0, 0.05) is 25.2 Å². The molecule has 0 aliphatic carbocycles. The normalized spacial score (nSPS) is 19.2. The van der Waals surface area contributed by atoms with Crippen LogP contribution in [0.2, 0.25) is 0 Å². The highest BCUT2D eigenvalue weighted by atomic mass is 16.5. The number of hydrogen-bond donors (Lipinski definition) is 1. The van der Waals surface area contributed by atoms with Gasteiger partial charge in [-0.15, -0.1) is 0 Å². The quantitative estimate of drug-likeness (QED) is 0.835. The SMILES string of the molecule is CC1CN(CCOc2cccc(C#CCN)c2)CCO1. The summed E-state index contributed by atoms with van der Waals surface area (Å²) in [6, 6.07) is 7.81. The maximum absolute atomic E-state index is 5.78. The Morgan fingerprint density at radius 3 is 3.20 bits per heavy atom. The monoisotopic (exact) mass is 274 g/mol. The third kappa shape index (κ3) is 4.86. The van der Waals surface area contributed by atoms with Crippen LogP contribution in [0.4, 0.5) is 0 Å². The Kier molecular flexibility index (Phi) is 5.87. The van der Waals surface area contributed by atoms with Crippen LogP contribution < -0.4 is 10.5 Å². The molecule has 1 aromatic carbocycles. The van der Waals surface area contributed by atoms with E-state index in [4.69, 9.17) is 15.2 Å². The van der Waals surface area contributed by atoms with E-state index in [1.807, 2.05) is 24.3 Å². The first-order chi connectivity index (χ1) is 9.78. The van der Waals surface area contributed by atoms with E-state index in [9.17, 15) is 0 Å². The molecule has 2 N–H and O–H groups in total. The molecule has 20 heavy (non-hydrogen) atoms. The Hall–Kier alpha value is -1.54. The van der Waals surface area contributed by atoms with Crippen molar-refractivity contribution < 1.29 is 9.47 Å².